The van der Waals surface area contributed by atoms with Gasteiger partial charge in [-0.3, -0.25) is 9.79 Å². The molecular weight excluding hydrogens is 350 g/mol. The van der Waals surface area contributed by atoms with E-state index in [1.54, 1.807) is 6.92 Å². The van der Waals surface area contributed by atoms with Crippen LogP contribution < -0.4 is 0 Å². The van der Waals surface area contributed by atoms with Crippen molar-refractivity contribution >= 4 is 12.2 Å². The Morgan fingerprint density at radius 1 is 1.18 bits per heavy atom. The third kappa shape index (κ3) is 6.61. The molecule has 0 amide bonds. The third-order valence-corrected chi connectivity index (χ3v) is 4.88. The van der Waals surface area contributed by atoms with Crippen molar-refractivity contribution in [3.8, 4) is 0 Å². The first-order valence-electron chi connectivity index (χ1n) is 9.92. The van der Waals surface area contributed by atoms with Gasteiger partial charge in [0.15, 0.2) is 0 Å². The van der Waals surface area contributed by atoms with Gasteiger partial charge < -0.3 is 9.84 Å². The number of carbonyl (C=O) groups is 1. The highest BCUT2D eigenvalue weighted by molar-refractivity contribution is 5.72. The highest BCUT2D eigenvalue weighted by atomic mass is 16.5. The molecule has 3 atom stereocenters. The summed E-state index contributed by atoms with van der Waals surface area (Å²) < 4.78 is 5.48. The van der Waals surface area contributed by atoms with Gasteiger partial charge in [0.05, 0.1) is 5.92 Å². The molecule has 0 aliphatic heterocycles. The van der Waals surface area contributed by atoms with Crippen molar-refractivity contribution in [1.29, 1.82) is 0 Å². The number of nitrogens with zero attached hydrogens (tertiary/aromatic N) is 1. The number of carbonyl (C=O) groups excluding carboxylic acids is 1. The molecular formula is C24H31NO3. The van der Waals surface area contributed by atoms with Crippen molar-refractivity contribution in [2.75, 3.05) is 0 Å². The molecule has 4 heteroatoms. The number of aryl methyl sites for hydroxylation is 1. The number of aliphatic imine (C=N–C) groups is 1. The van der Waals surface area contributed by atoms with Crippen molar-refractivity contribution in [2.45, 2.75) is 59.3 Å². The van der Waals surface area contributed by atoms with Crippen LogP contribution in [0.4, 0.5) is 0 Å². The molecule has 0 aliphatic rings. The highest BCUT2D eigenvalue weighted by Crippen LogP contribution is 2.23. The topological polar surface area (TPSA) is 58.9 Å². The highest BCUT2D eigenvalue weighted by Gasteiger charge is 2.17. The lowest BCUT2D eigenvalue weighted by molar-refractivity contribution is -0.149. The van der Waals surface area contributed by atoms with Crippen LogP contribution in [0.25, 0.3) is 0 Å². The van der Waals surface area contributed by atoms with E-state index >= 15 is 0 Å². The number of rotatable bonds is 9. The molecule has 0 spiro atoms. The van der Waals surface area contributed by atoms with Gasteiger partial charge >= 0.3 is 5.97 Å². The monoisotopic (exact) mass is 381 g/mol. The van der Waals surface area contributed by atoms with Gasteiger partial charge in [-0.25, -0.2) is 0 Å². The van der Waals surface area contributed by atoms with Gasteiger partial charge in [0.1, 0.15) is 12.8 Å². The molecule has 0 heterocycles. The smallest absolute Gasteiger partial charge is 0.309 e. The van der Waals surface area contributed by atoms with Crippen LogP contribution in [-0.4, -0.2) is 23.5 Å². The Morgan fingerprint density at radius 3 is 2.54 bits per heavy atom. The summed E-state index contributed by atoms with van der Waals surface area (Å²) in [7, 11) is 0. The van der Waals surface area contributed by atoms with Crippen LogP contribution in [0.2, 0.25) is 0 Å². The Morgan fingerprint density at radius 2 is 1.89 bits per heavy atom. The largest absolute Gasteiger partial charge is 0.461 e. The molecule has 0 aromatic heterocycles. The van der Waals surface area contributed by atoms with E-state index in [0.29, 0.717) is 13.0 Å². The first-order chi connectivity index (χ1) is 13.4. The van der Waals surface area contributed by atoms with E-state index in [9.17, 15) is 9.90 Å². The minimum absolute atomic E-state index is 0.147. The van der Waals surface area contributed by atoms with E-state index in [0.717, 1.165) is 28.7 Å². The van der Waals surface area contributed by atoms with Gasteiger partial charge in [-0.1, -0.05) is 62.4 Å². The summed E-state index contributed by atoms with van der Waals surface area (Å²) in [6, 6.07) is 16.1. The van der Waals surface area contributed by atoms with Crippen LogP contribution in [-0.2, 0) is 22.6 Å². The summed E-state index contributed by atoms with van der Waals surface area (Å²) in [5.74, 6) is -0.255. The Bertz CT molecular complexity index is 784. The number of benzene rings is 2. The number of aliphatic hydroxyl groups excluding tert-OH is 1. The quantitative estimate of drug-likeness (QED) is 0.500. The SMILES string of the molecule is CCC(/C=N\C(C)O)c1ccc(C)c(CC(C)C(=O)OCc2ccccc2)c1. The number of hydrogen-bond acceptors (Lipinski definition) is 4. The maximum atomic E-state index is 12.4. The Kier molecular flexibility index (Phi) is 8.40. The van der Waals surface area contributed by atoms with E-state index < -0.39 is 6.23 Å². The standard InChI is InChI=1S/C24H31NO3/c1-5-21(15-25-19(4)26)22-12-11-17(2)23(14-22)13-18(3)24(27)28-16-20-9-7-6-8-10-20/h6-12,14-15,18-19,21,26H,5,13,16H2,1-4H3/b25-15-. The maximum absolute atomic E-state index is 12.4. The summed E-state index contributed by atoms with van der Waals surface area (Å²) in [5.41, 5.74) is 4.45. The summed E-state index contributed by atoms with van der Waals surface area (Å²) in [4.78, 5) is 16.5. The lowest BCUT2D eigenvalue weighted by Gasteiger charge is -2.17. The van der Waals surface area contributed by atoms with Crippen LogP contribution in [0.15, 0.2) is 53.5 Å². The number of ether oxygens (including phenoxy) is 1. The molecule has 0 radical (unpaired) electrons. The maximum Gasteiger partial charge on any atom is 0.309 e. The van der Waals surface area contributed by atoms with Crippen LogP contribution >= 0.6 is 0 Å². The molecule has 0 saturated heterocycles. The van der Waals surface area contributed by atoms with Gasteiger partial charge in [-0.2, -0.15) is 0 Å². The van der Waals surface area contributed by atoms with E-state index in [-0.39, 0.29) is 17.8 Å². The van der Waals surface area contributed by atoms with Crippen molar-refractivity contribution < 1.29 is 14.6 Å². The van der Waals surface area contributed by atoms with Crippen molar-refractivity contribution in [3.05, 3.63) is 70.8 Å². The van der Waals surface area contributed by atoms with Gasteiger partial charge in [-0.05, 0) is 48.9 Å². The molecule has 0 aliphatic carbocycles. The Labute approximate surface area is 168 Å². The van der Waals surface area contributed by atoms with Crippen LogP contribution in [0, 0.1) is 12.8 Å². The van der Waals surface area contributed by atoms with Gasteiger partial charge in [0.25, 0.3) is 0 Å². The summed E-state index contributed by atoms with van der Waals surface area (Å²) in [5, 5.41) is 9.41. The molecule has 0 fully saturated rings. The average Bonchev–Trinajstić information content (AvgIpc) is 2.69. The second-order valence-electron chi connectivity index (χ2n) is 7.33. The zero-order chi connectivity index (χ0) is 20.5. The molecule has 3 unspecified atom stereocenters. The van der Waals surface area contributed by atoms with Crippen molar-refractivity contribution in [2.24, 2.45) is 10.9 Å². The number of hydrogen-bond donors (Lipinski definition) is 1. The predicted molar refractivity (Wildman–Crippen MR) is 113 cm³/mol. The molecule has 150 valence electrons. The summed E-state index contributed by atoms with van der Waals surface area (Å²) >= 11 is 0. The zero-order valence-corrected chi connectivity index (χ0v) is 17.3. The second-order valence-corrected chi connectivity index (χ2v) is 7.33. The van der Waals surface area contributed by atoms with Gasteiger partial charge in [0.2, 0.25) is 0 Å². The zero-order valence-electron chi connectivity index (χ0n) is 17.3. The Hall–Kier alpha value is -2.46. The predicted octanol–water partition coefficient (Wildman–Crippen LogP) is 4.82. The minimum Gasteiger partial charge on any atom is -0.461 e. The molecule has 28 heavy (non-hydrogen) atoms. The third-order valence-electron chi connectivity index (χ3n) is 4.88. The lowest BCUT2D eigenvalue weighted by Crippen LogP contribution is -2.17. The second kappa shape index (κ2) is 10.8. The molecule has 2 aromatic carbocycles. The van der Waals surface area contributed by atoms with Crippen molar-refractivity contribution in [3.63, 3.8) is 0 Å². The first-order valence-corrected chi connectivity index (χ1v) is 9.92. The first kappa shape index (κ1) is 21.8. The molecule has 2 rings (SSSR count). The number of esters is 1. The van der Waals surface area contributed by atoms with Crippen LogP contribution in [0.3, 0.4) is 0 Å². The number of aliphatic hydroxyl groups is 1. The Balaban J connectivity index is 2.04. The lowest BCUT2D eigenvalue weighted by atomic mass is 9.90. The molecule has 1 N–H and O–H groups in total. The average molecular weight is 382 g/mol. The summed E-state index contributed by atoms with van der Waals surface area (Å²) in [6.45, 7) is 8.02. The fourth-order valence-corrected chi connectivity index (χ4v) is 3.08. The van der Waals surface area contributed by atoms with E-state index in [4.69, 9.17) is 4.74 Å². The molecule has 0 saturated carbocycles. The van der Waals surface area contributed by atoms with E-state index in [2.05, 4.69) is 37.0 Å². The van der Waals surface area contributed by atoms with Gasteiger partial charge in [-0.15, -0.1) is 0 Å². The molecule has 0 bridgehead atoms. The fraction of sp³-hybridized carbons (Fsp3) is 0.417. The van der Waals surface area contributed by atoms with Crippen LogP contribution in [0.5, 0.6) is 0 Å². The molecule has 4 nitrogen and oxygen atoms in total. The normalized spacial score (nSPS) is 14.6. The summed E-state index contributed by atoms with van der Waals surface area (Å²) in [6.07, 6.45) is 2.65. The minimum atomic E-state index is -0.696. The van der Waals surface area contributed by atoms with E-state index in [1.165, 1.54) is 0 Å². The molecule has 2 aromatic rings. The fourth-order valence-electron chi connectivity index (χ4n) is 3.08. The van der Waals surface area contributed by atoms with Crippen LogP contribution in [0.1, 0.15) is 55.4 Å². The van der Waals surface area contributed by atoms with Gasteiger partial charge in [0, 0.05) is 12.1 Å². The van der Waals surface area contributed by atoms with E-state index in [1.807, 2.05) is 43.5 Å². The van der Waals surface area contributed by atoms with Crippen molar-refractivity contribution in [1.82, 2.24) is 0 Å².